The standard InChI is InChI=1S/C14H32N2O3S/c1-3-5-6-7-8-9-10-11-12-13-14-16(19-4-2)20(15,17)18/h3-14H2,1-2H3,(H2,15,17,18). The second-order valence-corrected chi connectivity index (χ2v) is 6.61. The number of nitrogens with two attached hydrogens (primary N) is 1. The average molecular weight is 308 g/mol. The number of hydrogen-bond donors (Lipinski definition) is 1. The van der Waals surface area contributed by atoms with Crippen molar-refractivity contribution >= 4 is 10.2 Å². The van der Waals surface area contributed by atoms with Crippen LogP contribution in [0.2, 0.25) is 0 Å². The third kappa shape index (κ3) is 11.6. The number of unbranched alkanes of at least 4 members (excludes halogenated alkanes) is 9. The lowest BCUT2D eigenvalue weighted by molar-refractivity contribution is -0.0788. The van der Waals surface area contributed by atoms with Gasteiger partial charge in [0.2, 0.25) is 0 Å². The minimum Gasteiger partial charge on any atom is -0.284 e. The van der Waals surface area contributed by atoms with Crippen LogP contribution in [0.3, 0.4) is 0 Å². The average Bonchev–Trinajstić information content (AvgIpc) is 2.38. The van der Waals surface area contributed by atoms with Crippen molar-refractivity contribution in [3.8, 4) is 0 Å². The molecule has 0 unspecified atom stereocenters. The molecule has 122 valence electrons. The van der Waals surface area contributed by atoms with Gasteiger partial charge in [-0.2, -0.15) is 8.42 Å². The first-order valence-electron chi connectivity index (χ1n) is 7.95. The quantitative estimate of drug-likeness (QED) is 0.395. The third-order valence-electron chi connectivity index (χ3n) is 3.25. The molecule has 0 amide bonds. The summed E-state index contributed by atoms with van der Waals surface area (Å²) in [6.07, 6.45) is 12.2. The second kappa shape index (κ2) is 12.6. The van der Waals surface area contributed by atoms with Gasteiger partial charge in [-0.1, -0.05) is 69.2 Å². The zero-order valence-corrected chi connectivity index (χ0v) is 14.0. The molecule has 0 rings (SSSR count). The molecule has 0 aromatic rings. The normalized spacial score (nSPS) is 12.2. The topological polar surface area (TPSA) is 72.6 Å². The molecule has 0 saturated carbocycles. The molecule has 0 saturated heterocycles. The molecule has 6 heteroatoms. The van der Waals surface area contributed by atoms with Crippen LogP contribution in [-0.2, 0) is 15.0 Å². The van der Waals surface area contributed by atoms with Gasteiger partial charge in [0, 0.05) is 6.54 Å². The molecule has 2 N–H and O–H groups in total. The highest BCUT2D eigenvalue weighted by Crippen LogP contribution is 2.11. The Hall–Kier alpha value is -0.170. The first-order valence-corrected chi connectivity index (χ1v) is 9.46. The van der Waals surface area contributed by atoms with Crippen LogP contribution >= 0.6 is 0 Å². The summed E-state index contributed by atoms with van der Waals surface area (Å²) in [5, 5.41) is 5.06. The summed E-state index contributed by atoms with van der Waals surface area (Å²) in [7, 11) is -3.73. The summed E-state index contributed by atoms with van der Waals surface area (Å²) in [6, 6.07) is 0. The van der Waals surface area contributed by atoms with E-state index in [2.05, 4.69) is 6.92 Å². The summed E-state index contributed by atoms with van der Waals surface area (Å²) >= 11 is 0. The molecule has 0 aliphatic heterocycles. The summed E-state index contributed by atoms with van der Waals surface area (Å²) in [4.78, 5) is 5.01. The van der Waals surface area contributed by atoms with Crippen molar-refractivity contribution in [1.29, 1.82) is 0 Å². The number of hydroxylamine groups is 1. The molecule has 0 aromatic heterocycles. The molecule has 20 heavy (non-hydrogen) atoms. The van der Waals surface area contributed by atoms with Gasteiger partial charge in [-0.25, -0.2) is 5.14 Å². The Morgan fingerprint density at radius 1 is 0.850 bits per heavy atom. The highest BCUT2D eigenvalue weighted by Gasteiger charge is 2.16. The van der Waals surface area contributed by atoms with Crippen LogP contribution in [0.5, 0.6) is 0 Å². The fourth-order valence-corrected chi connectivity index (χ4v) is 2.77. The molecule has 0 fully saturated rings. The number of rotatable bonds is 14. The molecular formula is C14H32N2O3S. The summed E-state index contributed by atoms with van der Waals surface area (Å²) in [5.41, 5.74) is 0. The molecule has 0 radical (unpaired) electrons. The molecule has 0 aromatic carbocycles. The number of nitrogens with zero attached hydrogens (tertiary/aromatic N) is 1. The highest BCUT2D eigenvalue weighted by atomic mass is 32.2. The Bertz CT molecular complexity index is 308. The van der Waals surface area contributed by atoms with Gasteiger partial charge in [0.1, 0.15) is 0 Å². The van der Waals surface area contributed by atoms with E-state index in [1.807, 2.05) is 0 Å². The highest BCUT2D eigenvalue weighted by molar-refractivity contribution is 7.86. The summed E-state index contributed by atoms with van der Waals surface area (Å²) in [6.45, 7) is 4.64. The van der Waals surface area contributed by atoms with Crippen LogP contribution in [0.25, 0.3) is 0 Å². The van der Waals surface area contributed by atoms with Gasteiger partial charge < -0.3 is 0 Å². The summed E-state index contributed by atoms with van der Waals surface area (Å²) < 4.78 is 23.3. The Balaban J connectivity index is 3.46. The second-order valence-electron chi connectivity index (χ2n) is 5.17. The summed E-state index contributed by atoms with van der Waals surface area (Å²) in [5.74, 6) is 0. The van der Waals surface area contributed by atoms with Crippen molar-refractivity contribution in [2.75, 3.05) is 13.2 Å². The van der Waals surface area contributed by atoms with E-state index in [-0.39, 0.29) is 0 Å². The van der Waals surface area contributed by atoms with Crippen molar-refractivity contribution < 1.29 is 13.3 Å². The van der Waals surface area contributed by atoms with Crippen molar-refractivity contribution in [3.63, 3.8) is 0 Å². The lowest BCUT2D eigenvalue weighted by Gasteiger charge is -2.17. The first-order chi connectivity index (χ1) is 9.52. The zero-order valence-electron chi connectivity index (χ0n) is 13.1. The van der Waals surface area contributed by atoms with Crippen LogP contribution in [0.1, 0.15) is 78.1 Å². The monoisotopic (exact) mass is 308 g/mol. The molecule has 0 aliphatic rings. The minimum atomic E-state index is -3.73. The van der Waals surface area contributed by atoms with Crippen LogP contribution < -0.4 is 5.14 Å². The molecule has 0 aliphatic carbocycles. The van der Waals surface area contributed by atoms with Gasteiger partial charge in [-0.05, 0) is 13.3 Å². The van der Waals surface area contributed by atoms with E-state index in [4.69, 9.17) is 9.98 Å². The predicted octanol–water partition coefficient (Wildman–Crippen LogP) is 3.36. The molecule has 0 heterocycles. The van der Waals surface area contributed by atoms with Gasteiger partial charge in [-0.3, -0.25) is 4.84 Å². The van der Waals surface area contributed by atoms with Crippen LogP contribution in [0.15, 0.2) is 0 Å². The van der Waals surface area contributed by atoms with Crippen molar-refractivity contribution in [1.82, 2.24) is 4.47 Å². The Kier molecular flexibility index (Phi) is 12.5. The molecule has 0 spiro atoms. The van der Waals surface area contributed by atoms with Crippen molar-refractivity contribution in [3.05, 3.63) is 0 Å². The fourth-order valence-electron chi connectivity index (χ4n) is 2.14. The minimum absolute atomic E-state index is 0.314. The SMILES string of the molecule is CCCCCCCCCCCCN(OCC)S(N)(=O)=O. The largest absolute Gasteiger partial charge is 0.299 e. The van der Waals surface area contributed by atoms with E-state index in [0.717, 1.165) is 23.7 Å². The maximum atomic E-state index is 11.2. The van der Waals surface area contributed by atoms with Gasteiger partial charge in [-0.15, -0.1) is 0 Å². The van der Waals surface area contributed by atoms with Crippen molar-refractivity contribution in [2.45, 2.75) is 78.1 Å². The molecular weight excluding hydrogens is 276 g/mol. The maximum absolute atomic E-state index is 11.2. The van der Waals surface area contributed by atoms with E-state index in [9.17, 15) is 8.42 Å². The maximum Gasteiger partial charge on any atom is 0.299 e. The van der Waals surface area contributed by atoms with E-state index in [0.29, 0.717) is 13.2 Å². The lowest BCUT2D eigenvalue weighted by Crippen LogP contribution is -2.37. The van der Waals surface area contributed by atoms with Gasteiger partial charge in [0.15, 0.2) is 0 Å². The molecule has 5 nitrogen and oxygen atoms in total. The Labute approximate surface area is 125 Å². The third-order valence-corrected chi connectivity index (χ3v) is 4.11. The van der Waals surface area contributed by atoms with E-state index in [1.165, 1.54) is 44.9 Å². The molecule has 0 bridgehead atoms. The predicted molar refractivity (Wildman–Crippen MR) is 83.3 cm³/mol. The van der Waals surface area contributed by atoms with Crippen molar-refractivity contribution in [2.24, 2.45) is 5.14 Å². The van der Waals surface area contributed by atoms with E-state index < -0.39 is 10.2 Å². The van der Waals surface area contributed by atoms with E-state index in [1.54, 1.807) is 6.92 Å². The van der Waals surface area contributed by atoms with Gasteiger partial charge in [0.25, 0.3) is 10.2 Å². The smallest absolute Gasteiger partial charge is 0.284 e. The van der Waals surface area contributed by atoms with Gasteiger partial charge in [0.05, 0.1) is 6.61 Å². The zero-order chi connectivity index (χ0) is 15.3. The van der Waals surface area contributed by atoms with Crippen LogP contribution in [0, 0.1) is 0 Å². The molecule has 0 atom stereocenters. The van der Waals surface area contributed by atoms with Gasteiger partial charge >= 0.3 is 0 Å². The van der Waals surface area contributed by atoms with Crippen LogP contribution in [0.4, 0.5) is 0 Å². The fraction of sp³-hybridized carbons (Fsp3) is 1.00. The first kappa shape index (κ1) is 19.8. The van der Waals surface area contributed by atoms with Crippen LogP contribution in [-0.4, -0.2) is 26.0 Å². The Morgan fingerprint density at radius 2 is 1.30 bits per heavy atom. The number of hydrogen-bond acceptors (Lipinski definition) is 3. The van der Waals surface area contributed by atoms with E-state index >= 15 is 0 Å². The Morgan fingerprint density at radius 3 is 1.70 bits per heavy atom. The lowest BCUT2D eigenvalue weighted by atomic mass is 10.1.